The Morgan fingerprint density at radius 3 is 2.59 bits per heavy atom. The second-order valence-electron chi connectivity index (χ2n) is 4.94. The third-order valence-electron chi connectivity index (χ3n) is 3.29. The van der Waals surface area contributed by atoms with Crippen molar-refractivity contribution in [3.05, 3.63) is 59.2 Å². The largest absolute Gasteiger partial charge is 0.508 e. The van der Waals surface area contributed by atoms with Crippen LogP contribution in [0.4, 0.5) is 5.69 Å². The molecule has 0 unspecified atom stereocenters. The Labute approximate surface area is 125 Å². The molecule has 1 heterocycles. The first-order valence-electron chi connectivity index (χ1n) is 6.60. The standard InChI is InChI=1S/C16H12N2O4/c19-11-3-1-2-9(6-11)7-14(20)17-10-4-5-12-13(8-10)16(22)18-15(12)21/h1-6,8,19H,7H2,(H,17,20)(H,18,21,22). The van der Waals surface area contributed by atoms with Crippen molar-refractivity contribution in [2.24, 2.45) is 0 Å². The summed E-state index contributed by atoms with van der Waals surface area (Å²) in [5, 5.41) is 14.2. The Hall–Kier alpha value is -3.15. The number of aromatic hydroxyl groups is 1. The average Bonchev–Trinajstić information content (AvgIpc) is 2.73. The summed E-state index contributed by atoms with van der Waals surface area (Å²) in [4.78, 5) is 35.0. The highest BCUT2D eigenvalue weighted by Gasteiger charge is 2.26. The number of anilines is 1. The molecule has 3 amide bonds. The number of hydrogen-bond donors (Lipinski definition) is 3. The quantitative estimate of drug-likeness (QED) is 0.747. The highest BCUT2D eigenvalue weighted by molar-refractivity contribution is 6.22. The number of carbonyl (C=O) groups excluding carboxylic acids is 3. The van der Waals surface area contributed by atoms with Gasteiger partial charge in [-0.3, -0.25) is 19.7 Å². The third kappa shape index (κ3) is 2.67. The molecule has 1 aliphatic heterocycles. The molecule has 0 spiro atoms. The van der Waals surface area contributed by atoms with Gasteiger partial charge in [0.2, 0.25) is 5.91 Å². The van der Waals surface area contributed by atoms with Gasteiger partial charge in [0.15, 0.2) is 0 Å². The second kappa shape index (κ2) is 5.33. The molecule has 0 fully saturated rings. The van der Waals surface area contributed by atoms with E-state index < -0.39 is 11.8 Å². The van der Waals surface area contributed by atoms with Crippen molar-refractivity contribution in [1.82, 2.24) is 5.32 Å². The Balaban J connectivity index is 1.74. The predicted octanol–water partition coefficient (Wildman–Crippen LogP) is 1.46. The summed E-state index contributed by atoms with van der Waals surface area (Å²) < 4.78 is 0. The zero-order valence-electron chi connectivity index (χ0n) is 11.4. The van der Waals surface area contributed by atoms with Crippen LogP contribution in [0.15, 0.2) is 42.5 Å². The molecule has 0 saturated carbocycles. The summed E-state index contributed by atoms with van der Waals surface area (Å²) in [6.07, 6.45) is 0.0939. The molecule has 3 N–H and O–H groups in total. The normalized spacial score (nSPS) is 12.7. The Bertz CT molecular complexity index is 798. The van der Waals surface area contributed by atoms with Crippen LogP contribution < -0.4 is 10.6 Å². The average molecular weight is 296 g/mol. The van der Waals surface area contributed by atoms with Crippen LogP contribution >= 0.6 is 0 Å². The van der Waals surface area contributed by atoms with Gasteiger partial charge in [0.1, 0.15) is 5.75 Å². The molecule has 0 radical (unpaired) electrons. The van der Waals surface area contributed by atoms with Crippen molar-refractivity contribution in [2.75, 3.05) is 5.32 Å². The van der Waals surface area contributed by atoms with Gasteiger partial charge in [0, 0.05) is 5.69 Å². The number of amides is 3. The number of carbonyl (C=O) groups is 3. The second-order valence-corrected chi connectivity index (χ2v) is 4.94. The van der Waals surface area contributed by atoms with E-state index in [-0.39, 0.29) is 23.6 Å². The number of fused-ring (bicyclic) bond motifs is 1. The first kappa shape index (κ1) is 13.8. The topological polar surface area (TPSA) is 95.5 Å². The van der Waals surface area contributed by atoms with E-state index in [2.05, 4.69) is 10.6 Å². The number of benzene rings is 2. The van der Waals surface area contributed by atoms with Crippen LogP contribution in [0, 0.1) is 0 Å². The lowest BCUT2D eigenvalue weighted by Gasteiger charge is -2.06. The van der Waals surface area contributed by atoms with Crippen molar-refractivity contribution < 1.29 is 19.5 Å². The van der Waals surface area contributed by atoms with E-state index in [4.69, 9.17) is 0 Å². The predicted molar refractivity (Wildman–Crippen MR) is 78.7 cm³/mol. The maximum absolute atomic E-state index is 12.0. The van der Waals surface area contributed by atoms with Gasteiger partial charge in [-0.15, -0.1) is 0 Å². The van der Waals surface area contributed by atoms with E-state index in [0.29, 0.717) is 16.8 Å². The smallest absolute Gasteiger partial charge is 0.259 e. The molecule has 110 valence electrons. The fraction of sp³-hybridized carbons (Fsp3) is 0.0625. The molecule has 0 aromatic heterocycles. The van der Waals surface area contributed by atoms with Gasteiger partial charge < -0.3 is 10.4 Å². The highest BCUT2D eigenvalue weighted by Crippen LogP contribution is 2.20. The number of imide groups is 1. The van der Waals surface area contributed by atoms with Crippen LogP contribution in [0.1, 0.15) is 26.3 Å². The van der Waals surface area contributed by atoms with Gasteiger partial charge in [-0.05, 0) is 35.9 Å². The zero-order chi connectivity index (χ0) is 15.7. The van der Waals surface area contributed by atoms with Crippen molar-refractivity contribution >= 4 is 23.4 Å². The van der Waals surface area contributed by atoms with E-state index in [1.54, 1.807) is 18.2 Å². The molecule has 2 aromatic carbocycles. The van der Waals surface area contributed by atoms with Gasteiger partial charge in [-0.1, -0.05) is 12.1 Å². The minimum Gasteiger partial charge on any atom is -0.508 e. The Morgan fingerprint density at radius 1 is 1.05 bits per heavy atom. The summed E-state index contributed by atoms with van der Waals surface area (Å²) in [7, 11) is 0. The zero-order valence-corrected chi connectivity index (χ0v) is 11.4. The van der Waals surface area contributed by atoms with Crippen molar-refractivity contribution in [3.8, 4) is 5.75 Å². The molecule has 2 aromatic rings. The number of hydrogen-bond acceptors (Lipinski definition) is 4. The van der Waals surface area contributed by atoms with Crippen LogP contribution in [0.3, 0.4) is 0 Å². The fourth-order valence-electron chi connectivity index (χ4n) is 2.30. The van der Waals surface area contributed by atoms with Gasteiger partial charge in [0.25, 0.3) is 11.8 Å². The highest BCUT2D eigenvalue weighted by atomic mass is 16.3. The van der Waals surface area contributed by atoms with Crippen molar-refractivity contribution in [3.63, 3.8) is 0 Å². The summed E-state index contributed by atoms with van der Waals surface area (Å²) in [5.41, 5.74) is 1.66. The molecule has 6 nitrogen and oxygen atoms in total. The maximum atomic E-state index is 12.0. The van der Waals surface area contributed by atoms with Crippen LogP contribution in [0.5, 0.6) is 5.75 Å². The fourth-order valence-corrected chi connectivity index (χ4v) is 2.30. The Kier molecular flexibility index (Phi) is 3.34. The SMILES string of the molecule is O=C(Cc1cccc(O)c1)Nc1ccc2c(c1)C(=O)NC2=O. The van der Waals surface area contributed by atoms with Crippen LogP contribution in [-0.2, 0) is 11.2 Å². The first-order valence-corrected chi connectivity index (χ1v) is 6.60. The van der Waals surface area contributed by atoms with E-state index in [1.807, 2.05) is 0 Å². The lowest BCUT2D eigenvalue weighted by molar-refractivity contribution is -0.115. The summed E-state index contributed by atoms with van der Waals surface area (Å²) in [6.45, 7) is 0. The molecule has 1 aliphatic rings. The number of rotatable bonds is 3. The van der Waals surface area contributed by atoms with Crippen molar-refractivity contribution in [2.45, 2.75) is 6.42 Å². The summed E-state index contributed by atoms with van der Waals surface area (Å²) >= 11 is 0. The maximum Gasteiger partial charge on any atom is 0.259 e. The lowest BCUT2D eigenvalue weighted by Crippen LogP contribution is -2.19. The molecule has 3 rings (SSSR count). The Morgan fingerprint density at radius 2 is 1.82 bits per heavy atom. The molecule has 0 bridgehead atoms. The lowest BCUT2D eigenvalue weighted by atomic mass is 10.1. The minimum atomic E-state index is -0.468. The molecule has 22 heavy (non-hydrogen) atoms. The number of phenolic OH excluding ortho intramolecular Hbond substituents is 1. The molecule has 0 saturated heterocycles. The van der Waals surface area contributed by atoms with Gasteiger partial charge in [-0.25, -0.2) is 0 Å². The molecule has 0 atom stereocenters. The molecule has 0 aliphatic carbocycles. The molecular weight excluding hydrogens is 284 g/mol. The minimum absolute atomic E-state index is 0.0939. The van der Waals surface area contributed by atoms with E-state index in [1.165, 1.54) is 24.3 Å². The van der Waals surface area contributed by atoms with Gasteiger partial charge >= 0.3 is 0 Å². The molecular formula is C16H12N2O4. The monoisotopic (exact) mass is 296 g/mol. The van der Waals surface area contributed by atoms with Crippen LogP contribution in [0.2, 0.25) is 0 Å². The van der Waals surface area contributed by atoms with Crippen LogP contribution in [-0.4, -0.2) is 22.8 Å². The number of nitrogens with one attached hydrogen (secondary N) is 2. The van der Waals surface area contributed by atoms with E-state index in [9.17, 15) is 19.5 Å². The van der Waals surface area contributed by atoms with Crippen molar-refractivity contribution in [1.29, 1.82) is 0 Å². The van der Waals surface area contributed by atoms with Crippen LogP contribution in [0.25, 0.3) is 0 Å². The van der Waals surface area contributed by atoms with Gasteiger partial charge in [0.05, 0.1) is 17.5 Å². The van der Waals surface area contributed by atoms with E-state index >= 15 is 0 Å². The van der Waals surface area contributed by atoms with Gasteiger partial charge in [-0.2, -0.15) is 0 Å². The molecule has 6 heteroatoms. The third-order valence-corrected chi connectivity index (χ3v) is 3.29. The van der Waals surface area contributed by atoms with E-state index in [0.717, 1.165) is 0 Å². The number of phenols is 1. The first-order chi connectivity index (χ1) is 10.5. The summed E-state index contributed by atoms with van der Waals surface area (Å²) in [6, 6.07) is 11.0. The summed E-state index contributed by atoms with van der Waals surface area (Å²) in [5.74, 6) is -1.09.